The number of carbonyl (C=O) groups excluding carboxylic acids is 1. The average molecular weight is 272 g/mol. The number of hydrogen-bond acceptors (Lipinski definition) is 3. The van der Waals surface area contributed by atoms with E-state index in [1.807, 2.05) is 13.8 Å². The first kappa shape index (κ1) is 16.2. The zero-order valence-corrected chi connectivity index (χ0v) is 12.1. The smallest absolute Gasteiger partial charge is 0.315 e. The first-order valence-electron chi connectivity index (χ1n) is 7.28. The number of carbonyl (C=O) groups is 1. The fourth-order valence-corrected chi connectivity index (χ4v) is 2.35. The monoisotopic (exact) mass is 272 g/mol. The molecule has 0 aromatic carbocycles. The molecule has 0 radical (unpaired) electrons. The van der Waals surface area contributed by atoms with Crippen molar-refractivity contribution in [2.45, 2.75) is 64.5 Å². The summed E-state index contributed by atoms with van der Waals surface area (Å²) in [6, 6.07) is -0.310. The molecule has 1 rings (SSSR count). The zero-order chi connectivity index (χ0) is 14.3. The second-order valence-electron chi connectivity index (χ2n) is 6.28. The van der Waals surface area contributed by atoms with Gasteiger partial charge in [0.1, 0.15) is 0 Å². The molecule has 0 aromatic rings. The Kier molecular flexibility index (Phi) is 6.58. The molecule has 5 nitrogen and oxygen atoms in total. The fourth-order valence-electron chi connectivity index (χ4n) is 2.35. The highest BCUT2D eigenvalue weighted by molar-refractivity contribution is 5.74. The minimum atomic E-state index is -0.409. The van der Waals surface area contributed by atoms with Crippen molar-refractivity contribution in [1.82, 2.24) is 10.6 Å². The lowest BCUT2D eigenvalue weighted by atomic mass is 9.89. The Bertz CT molecular complexity index is 282. The summed E-state index contributed by atoms with van der Waals surface area (Å²) in [6.07, 6.45) is 5.03. The summed E-state index contributed by atoms with van der Waals surface area (Å²) in [4.78, 5) is 11.7. The molecule has 19 heavy (non-hydrogen) atoms. The highest BCUT2D eigenvalue weighted by atomic mass is 16.3. The lowest BCUT2D eigenvalue weighted by Gasteiger charge is -2.28. The number of nitrogens with one attached hydrogen (secondary N) is 2. The Morgan fingerprint density at radius 2 is 2.00 bits per heavy atom. The van der Waals surface area contributed by atoms with E-state index in [4.69, 9.17) is 5.11 Å². The van der Waals surface area contributed by atoms with Crippen LogP contribution in [0.4, 0.5) is 4.79 Å². The highest BCUT2D eigenvalue weighted by Gasteiger charge is 2.24. The second-order valence-corrected chi connectivity index (χ2v) is 6.28. The highest BCUT2D eigenvalue weighted by Crippen LogP contribution is 2.20. The molecule has 2 atom stereocenters. The summed E-state index contributed by atoms with van der Waals surface area (Å²) in [6.45, 7) is 4.77. The molecule has 0 spiro atoms. The minimum absolute atomic E-state index is 0.0856. The van der Waals surface area contributed by atoms with Crippen molar-refractivity contribution in [3.05, 3.63) is 0 Å². The largest absolute Gasteiger partial charge is 0.396 e. The van der Waals surface area contributed by atoms with Crippen molar-refractivity contribution in [3.63, 3.8) is 0 Å². The first-order chi connectivity index (χ1) is 8.94. The molecule has 1 saturated carbocycles. The van der Waals surface area contributed by atoms with Crippen LogP contribution in [0.15, 0.2) is 0 Å². The number of urea groups is 1. The predicted molar refractivity (Wildman–Crippen MR) is 74.9 cm³/mol. The maximum Gasteiger partial charge on any atom is 0.315 e. The van der Waals surface area contributed by atoms with Gasteiger partial charge in [-0.1, -0.05) is 26.7 Å². The lowest BCUT2D eigenvalue weighted by molar-refractivity contribution is 0.0942. The molecule has 1 aliphatic carbocycles. The molecule has 112 valence electrons. The van der Waals surface area contributed by atoms with Gasteiger partial charge in [0, 0.05) is 13.2 Å². The molecule has 2 unspecified atom stereocenters. The van der Waals surface area contributed by atoms with E-state index in [1.165, 1.54) is 0 Å². The molecule has 1 aliphatic rings. The Morgan fingerprint density at radius 1 is 1.32 bits per heavy atom. The van der Waals surface area contributed by atoms with Gasteiger partial charge in [0.2, 0.25) is 0 Å². The van der Waals surface area contributed by atoms with Gasteiger partial charge in [-0.25, -0.2) is 4.79 Å². The van der Waals surface area contributed by atoms with Gasteiger partial charge in [0.15, 0.2) is 0 Å². The number of aliphatic hydroxyl groups excluding tert-OH is 2. The summed E-state index contributed by atoms with van der Waals surface area (Å²) in [5.41, 5.74) is -0.0856. The number of hydrogen-bond donors (Lipinski definition) is 4. The molecule has 1 fully saturated rings. The van der Waals surface area contributed by atoms with Crippen molar-refractivity contribution in [1.29, 1.82) is 0 Å². The van der Waals surface area contributed by atoms with Crippen LogP contribution in [0.3, 0.4) is 0 Å². The lowest BCUT2D eigenvalue weighted by Crippen LogP contribution is -2.49. The van der Waals surface area contributed by atoms with Crippen LogP contribution in [-0.2, 0) is 0 Å². The van der Waals surface area contributed by atoms with E-state index < -0.39 is 6.10 Å². The zero-order valence-electron chi connectivity index (χ0n) is 12.1. The van der Waals surface area contributed by atoms with Crippen molar-refractivity contribution in [3.8, 4) is 0 Å². The molecule has 0 aromatic heterocycles. The molecule has 0 saturated heterocycles. The van der Waals surface area contributed by atoms with Crippen LogP contribution < -0.4 is 10.6 Å². The summed E-state index contributed by atoms with van der Waals surface area (Å²) >= 11 is 0. The Balaban J connectivity index is 2.14. The third kappa shape index (κ3) is 6.25. The summed E-state index contributed by atoms with van der Waals surface area (Å²) in [5.74, 6) is 0. The van der Waals surface area contributed by atoms with Crippen LogP contribution in [-0.4, -0.2) is 41.5 Å². The van der Waals surface area contributed by atoms with Gasteiger partial charge in [0.05, 0.1) is 12.1 Å². The number of aliphatic hydroxyl groups is 2. The van der Waals surface area contributed by atoms with Crippen molar-refractivity contribution in [2.75, 3.05) is 13.2 Å². The third-order valence-electron chi connectivity index (χ3n) is 3.79. The molecule has 2 amide bonds. The molecular formula is C14H28N2O3. The van der Waals surface area contributed by atoms with E-state index in [2.05, 4.69) is 10.6 Å². The second kappa shape index (κ2) is 7.70. The van der Waals surface area contributed by atoms with E-state index >= 15 is 0 Å². The molecule has 0 heterocycles. The van der Waals surface area contributed by atoms with Crippen molar-refractivity contribution < 1.29 is 15.0 Å². The maximum atomic E-state index is 11.7. The molecular weight excluding hydrogens is 244 g/mol. The fraction of sp³-hybridized carbons (Fsp3) is 0.929. The Labute approximate surface area is 115 Å². The minimum Gasteiger partial charge on any atom is -0.396 e. The van der Waals surface area contributed by atoms with Crippen LogP contribution in [0.1, 0.15) is 52.4 Å². The van der Waals surface area contributed by atoms with Gasteiger partial charge < -0.3 is 20.8 Å². The average Bonchev–Trinajstić information content (AvgIpc) is 2.38. The van der Waals surface area contributed by atoms with E-state index in [-0.39, 0.29) is 24.1 Å². The van der Waals surface area contributed by atoms with Crippen LogP contribution >= 0.6 is 0 Å². The topological polar surface area (TPSA) is 81.6 Å². The van der Waals surface area contributed by atoms with Gasteiger partial charge in [-0.15, -0.1) is 0 Å². The van der Waals surface area contributed by atoms with E-state index in [0.717, 1.165) is 38.5 Å². The van der Waals surface area contributed by atoms with E-state index in [1.54, 1.807) is 0 Å². The maximum absolute atomic E-state index is 11.7. The molecule has 0 bridgehead atoms. The van der Waals surface area contributed by atoms with Crippen LogP contribution in [0.25, 0.3) is 0 Å². The van der Waals surface area contributed by atoms with Crippen molar-refractivity contribution >= 4 is 6.03 Å². The summed E-state index contributed by atoms with van der Waals surface area (Å²) in [5, 5.41) is 24.5. The molecule has 0 aliphatic heterocycles. The Morgan fingerprint density at radius 3 is 2.63 bits per heavy atom. The van der Waals surface area contributed by atoms with E-state index in [9.17, 15) is 9.90 Å². The Hall–Kier alpha value is -0.810. The van der Waals surface area contributed by atoms with Crippen LogP contribution in [0, 0.1) is 5.41 Å². The van der Waals surface area contributed by atoms with Gasteiger partial charge in [-0.3, -0.25) is 0 Å². The standard InChI is InChI=1S/C14H28N2O3/c1-14(2,10-17)8-5-9-15-13(19)16-11-6-3-4-7-12(11)18/h11-12,17-18H,3-10H2,1-2H3,(H2,15,16,19). The normalized spacial score (nSPS) is 24.0. The van der Waals surface area contributed by atoms with Gasteiger partial charge >= 0.3 is 6.03 Å². The molecule has 5 heteroatoms. The first-order valence-corrected chi connectivity index (χ1v) is 7.28. The van der Waals surface area contributed by atoms with Gasteiger partial charge in [0.25, 0.3) is 0 Å². The van der Waals surface area contributed by atoms with Crippen LogP contribution in [0.2, 0.25) is 0 Å². The van der Waals surface area contributed by atoms with Gasteiger partial charge in [-0.2, -0.15) is 0 Å². The summed E-state index contributed by atoms with van der Waals surface area (Å²) < 4.78 is 0. The number of amides is 2. The number of rotatable bonds is 6. The quantitative estimate of drug-likeness (QED) is 0.552. The SMILES string of the molecule is CC(C)(CO)CCCNC(=O)NC1CCCCC1O. The third-order valence-corrected chi connectivity index (χ3v) is 3.79. The van der Waals surface area contributed by atoms with E-state index in [0.29, 0.717) is 6.54 Å². The van der Waals surface area contributed by atoms with Gasteiger partial charge in [-0.05, 0) is 31.1 Å². The molecule has 4 N–H and O–H groups in total. The summed E-state index contributed by atoms with van der Waals surface area (Å²) in [7, 11) is 0. The van der Waals surface area contributed by atoms with Crippen LogP contribution in [0.5, 0.6) is 0 Å². The van der Waals surface area contributed by atoms with Crippen molar-refractivity contribution in [2.24, 2.45) is 5.41 Å². The predicted octanol–water partition coefficient (Wildman–Crippen LogP) is 1.39.